The van der Waals surface area contributed by atoms with E-state index in [-0.39, 0.29) is 0 Å². The summed E-state index contributed by atoms with van der Waals surface area (Å²) < 4.78 is 5.45. The Morgan fingerprint density at radius 3 is 2.27 bits per heavy atom. The third-order valence-corrected chi connectivity index (χ3v) is 4.27. The zero-order chi connectivity index (χ0) is 15.5. The van der Waals surface area contributed by atoms with E-state index in [4.69, 9.17) is 22.1 Å². The number of piperazine rings is 1. The first kappa shape index (κ1) is 14.9. The van der Waals surface area contributed by atoms with Crippen molar-refractivity contribution in [2.75, 3.05) is 48.8 Å². The summed E-state index contributed by atoms with van der Waals surface area (Å²) in [6, 6.07) is 13.8. The number of hydrogen-bond donors (Lipinski definition) is 1. The number of anilines is 3. The second-order valence-electron chi connectivity index (χ2n) is 5.35. The summed E-state index contributed by atoms with van der Waals surface area (Å²) in [7, 11) is 1.71. The van der Waals surface area contributed by atoms with Gasteiger partial charge in [-0.25, -0.2) is 0 Å². The first-order valence-electron chi connectivity index (χ1n) is 7.37. The fraction of sp³-hybridized carbons (Fsp3) is 0.294. The molecule has 0 unspecified atom stereocenters. The van der Waals surface area contributed by atoms with Gasteiger partial charge in [0.25, 0.3) is 0 Å². The topological polar surface area (TPSA) is 41.7 Å². The molecule has 116 valence electrons. The van der Waals surface area contributed by atoms with Crippen LogP contribution in [0.2, 0.25) is 5.02 Å². The number of benzene rings is 2. The van der Waals surface area contributed by atoms with Gasteiger partial charge in [0.15, 0.2) is 0 Å². The van der Waals surface area contributed by atoms with E-state index < -0.39 is 0 Å². The zero-order valence-corrected chi connectivity index (χ0v) is 13.4. The van der Waals surface area contributed by atoms with Crippen molar-refractivity contribution in [3.05, 3.63) is 47.5 Å². The van der Waals surface area contributed by atoms with Crippen LogP contribution in [0.4, 0.5) is 17.1 Å². The molecule has 1 aliphatic heterocycles. The van der Waals surface area contributed by atoms with Crippen LogP contribution >= 0.6 is 11.6 Å². The molecule has 2 N–H and O–H groups in total. The number of ether oxygens (including phenoxy) is 1. The first-order chi connectivity index (χ1) is 10.7. The fourth-order valence-corrected chi connectivity index (χ4v) is 3.04. The number of nitrogen functional groups attached to an aromatic ring is 1. The molecule has 5 heteroatoms. The average molecular weight is 318 g/mol. The average Bonchev–Trinajstić information content (AvgIpc) is 2.57. The lowest BCUT2D eigenvalue weighted by atomic mass is 10.2. The Hall–Kier alpha value is -2.07. The predicted octanol–water partition coefficient (Wildman–Crippen LogP) is 3.26. The normalized spacial score (nSPS) is 15.0. The summed E-state index contributed by atoms with van der Waals surface area (Å²) in [6.45, 7) is 3.66. The molecular weight excluding hydrogens is 298 g/mol. The van der Waals surface area contributed by atoms with Crippen LogP contribution in [0.5, 0.6) is 5.75 Å². The summed E-state index contributed by atoms with van der Waals surface area (Å²) in [4.78, 5) is 4.63. The van der Waals surface area contributed by atoms with Crippen LogP contribution in [-0.4, -0.2) is 33.3 Å². The number of methoxy groups -OCH3 is 1. The van der Waals surface area contributed by atoms with Crippen molar-refractivity contribution in [3.8, 4) is 5.75 Å². The minimum Gasteiger partial charge on any atom is -0.495 e. The molecule has 22 heavy (non-hydrogen) atoms. The molecule has 2 aromatic carbocycles. The van der Waals surface area contributed by atoms with Gasteiger partial charge in [0.05, 0.1) is 24.2 Å². The minimum absolute atomic E-state index is 0.719. The Kier molecular flexibility index (Phi) is 4.29. The standard InChI is InChI=1S/C17H20ClN3O/c1-22-17-5-3-2-4-15(17)20-8-10-21(11-9-20)16-12-13(18)6-7-14(16)19/h2-7,12H,8-11,19H2,1H3. The van der Waals surface area contributed by atoms with E-state index in [0.717, 1.165) is 54.0 Å². The number of rotatable bonds is 3. The molecule has 0 aliphatic carbocycles. The van der Waals surface area contributed by atoms with Crippen molar-refractivity contribution in [1.82, 2.24) is 0 Å². The summed E-state index contributed by atoms with van der Waals surface area (Å²) >= 11 is 6.09. The van der Waals surface area contributed by atoms with Gasteiger partial charge in [-0.1, -0.05) is 23.7 Å². The van der Waals surface area contributed by atoms with Gasteiger partial charge in [0.2, 0.25) is 0 Å². The molecule has 0 saturated carbocycles. The van der Waals surface area contributed by atoms with E-state index in [9.17, 15) is 0 Å². The van der Waals surface area contributed by atoms with Crippen molar-refractivity contribution >= 4 is 28.7 Å². The minimum atomic E-state index is 0.719. The number of nitrogens with zero attached hydrogens (tertiary/aromatic N) is 2. The second-order valence-corrected chi connectivity index (χ2v) is 5.79. The van der Waals surface area contributed by atoms with Crippen LogP contribution < -0.4 is 20.3 Å². The van der Waals surface area contributed by atoms with Gasteiger partial charge in [-0.15, -0.1) is 0 Å². The maximum Gasteiger partial charge on any atom is 0.142 e. The van der Waals surface area contributed by atoms with E-state index in [1.54, 1.807) is 7.11 Å². The number of halogens is 1. The zero-order valence-electron chi connectivity index (χ0n) is 12.6. The van der Waals surface area contributed by atoms with Crippen molar-refractivity contribution in [1.29, 1.82) is 0 Å². The maximum absolute atomic E-state index is 6.09. The van der Waals surface area contributed by atoms with Gasteiger partial charge in [-0.3, -0.25) is 0 Å². The molecule has 4 nitrogen and oxygen atoms in total. The molecule has 0 bridgehead atoms. The Bertz CT molecular complexity index is 654. The molecule has 0 atom stereocenters. The SMILES string of the molecule is COc1ccccc1N1CCN(c2cc(Cl)ccc2N)CC1. The molecule has 1 saturated heterocycles. The largest absolute Gasteiger partial charge is 0.495 e. The number of hydrogen-bond acceptors (Lipinski definition) is 4. The lowest BCUT2D eigenvalue weighted by Crippen LogP contribution is -2.46. The number of para-hydroxylation sites is 2. The lowest BCUT2D eigenvalue weighted by molar-refractivity contribution is 0.413. The molecule has 2 aromatic rings. The lowest BCUT2D eigenvalue weighted by Gasteiger charge is -2.38. The monoisotopic (exact) mass is 317 g/mol. The summed E-state index contributed by atoms with van der Waals surface area (Å²) in [6.07, 6.45) is 0. The summed E-state index contributed by atoms with van der Waals surface area (Å²) in [5, 5.41) is 0.719. The van der Waals surface area contributed by atoms with Crippen molar-refractivity contribution in [2.24, 2.45) is 0 Å². The van der Waals surface area contributed by atoms with Crippen LogP contribution in [0.15, 0.2) is 42.5 Å². The quantitative estimate of drug-likeness (QED) is 0.882. The third-order valence-electron chi connectivity index (χ3n) is 4.04. The molecular formula is C17H20ClN3O. The Morgan fingerprint density at radius 1 is 0.955 bits per heavy atom. The molecule has 0 aromatic heterocycles. The van der Waals surface area contributed by atoms with Gasteiger partial charge < -0.3 is 20.3 Å². The molecule has 0 spiro atoms. The Labute approximate surface area is 136 Å². The van der Waals surface area contributed by atoms with Crippen molar-refractivity contribution < 1.29 is 4.74 Å². The first-order valence-corrected chi connectivity index (χ1v) is 7.75. The van der Waals surface area contributed by atoms with E-state index in [2.05, 4.69) is 15.9 Å². The highest BCUT2D eigenvalue weighted by Gasteiger charge is 2.21. The molecule has 1 fully saturated rings. The third kappa shape index (κ3) is 2.92. The molecule has 1 heterocycles. The van der Waals surface area contributed by atoms with Crippen LogP contribution in [0.3, 0.4) is 0 Å². The highest BCUT2D eigenvalue weighted by molar-refractivity contribution is 6.31. The maximum atomic E-state index is 6.09. The van der Waals surface area contributed by atoms with Gasteiger partial charge in [0, 0.05) is 31.2 Å². The fourth-order valence-electron chi connectivity index (χ4n) is 2.87. The molecule has 3 rings (SSSR count). The summed E-state index contributed by atoms with van der Waals surface area (Å²) in [5.74, 6) is 0.915. The highest BCUT2D eigenvalue weighted by atomic mass is 35.5. The molecule has 1 aliphatic rings. The Balaban J connectivity index is 1.74. The van der Waals surface area contributed by atoms with E-state index in [1.807, 2.05) is 36.4 Å². The predicted molar refractivity (Wildman–Crippen MR) is 93.3 cm³/mol. The van der Waals surface area contributed by atoms with Crippen LogP contribution in [0.1, 0.15) is 0 Å². The van der Waals surface area contributed by atoms with Gasteiger partial charge in [-0.05, 0) is 30.3 Å². The van der Waals surface area contributed by atoms with E-state index >= 15 is 0 Å². The van der Waals surface area contributed by atoms with Crippen molar-refractivity contribution in [2.45, 2.75) is 0 Å². The van der Waals surface area contributed by atoms with Crippen LogP contribution in [0, 0.1) is 0 Å². The van der Waals surface area contributed by atoms with Gasteiger partial charge in [0.1, 0.15) is 5.75 Å². The molecule has 0 amide bonds. The second kappa shape index (κ2) is 6.36. The Morgan fingerprint density at radius 2 is 1.59 bits per heavy atom. The molecule has 0 radical (unpaired) electrons. The van der Waals surface area contributed by atoms with Crippen molar-refractivity contribution in [3.63, 3.8) is 0 Å². The van der Waals surface area contributed by atoms with Gasteiger partial charge in [-0.2, -0.15) is 0 Å². The number of nitrogens with two attached hydrogens (primary N) is 1. The van der Waals surface area contributed by atoms with Crippen LogP contribution in [-0.2, 0) is 0 Å². The smallest absolute Gasteiger partial charge is 0.142 e. The highest BCUT2D eigenvalue weighted by Crippen LogP contribution is 2.31. The summed E-state index contributed by atoms with van der Waals surface area (Å²) in [5.41, 5.74) is 9.01. The van der Waals surface area contributed by atoms with Gasteiger partial charge >= 0.3 is 0 Å². The van der Waals surface area contributed by atoms with E-state index in [1.165, 1.54) is 0 Å². The van der Waals surface area contributed by atoms with Crippen LogP contribution in [0.25, 0.3) is 0 Å². The van der Waals surface area contributed by atoms with E-state index in [0.29, 0.717) is 0 Å².